The number of hydrogen-bond donors (Lipinski definition) is 2. The molecule has 1 aromatic heterocycles. The Balaban J connectivity index is 2.16. The summed E-state index contributed by atoms with van der Waals surface area (Å²) in [6, 6.07) is 4.05. The maximum absolute atomic E-state index is 10.6. The normalized spacial score (nSPS) is 12.9. The summed E-state index contributed by atoms with van der Waals surface area (Å²) in [6.45, 7) is 3.53. The van der Waals surface area contributed by atoms with Crippen LogP contribution in [0.15, 0.2) is 18.3 Å². The van der Waals surface area contributed by atoms with Crippen molar-refractivity contribution in [3.63, 3.8) is 0 Å². The first-order valence-electron chi connectivity index (χ1n) is 5.63. The molecule has 4 heteroatoms. The van der Waals surface area contributed by atoms with Crippen molar-refractivity contribution in [1.29, 1.82) is 0 Å². The van der Waals surface area contributed by atoms with Crippen LogP contribution in [-0.2, 0) is 11.2 Å². The third-order valence-corrected chi connectivity index (χ3v) is 2.79. The highest BCUT2D eigenvalue weighted by Gasteiger charge is 2.11. The van der Waals surface area contributed by atoms with Gasteiger partial charge in [-0.25, -0.2) is 0 Å². The molecule has 1 aromatic rings. The Kier molecular flexibility index (Phi) is 5.05. The van der Waals surface area contributed by atoms with Crippen LogP contribution in [-0.4, -0.2) is 41.1 Å². The van der Waals surface area contributed by atoms with Crippen molar-refractivity contribution in [3.8, 4) is 0 Å². The van der Waals surface area contributed by atoms with Crippen LogP contribution in [0, 0.1) is 5.92 Å². The molecule has 2 N–H and O–H groups in total. The van der Waals surface area contributed by atoms with Gasteiger partial charge in [-0.3, -0.25) is 4.79 Å². The molecule has 1 heterocycles. The largest absolute Gasteiger partial charge is 0.481 e. The zero-order valence-electron chi connectivity index (χ0n) is 9.94. The second-order valence-corrected chi connectivity index (χ2v) is 4.28. The number of H-pyrrole nitrogens is 1. The Bertz CT molecular complexity index is 309. The van der Waals surface area contributed by atoms with E-state index in [9.17, 15) is 4.79 Å². The third-order valence-electron chi connectivity index (χ3n) is 2.79. The summed E-state index contributed by atoms with van der Waals surface area (Å²) in [4.78, 5) is 16.0. The lowest BCUT2D eigenvalue weighted by molar-refractivity contribution is -0.141. The molecule has 4 nitrogen and oxygen atoms in total. The third kappa shape index (κ3) is 4.49. The molecule has 0 saturated carbocycles. The van der Waals surface area contributed by atoms with E-state index in [-0.39, 0.29) is 5.92 Å². The maximum Gasteiger partial charge on any atom is 0.306 e. The highest BCUT2D eigenvalue weighted by Crippen LogP contribution is 2.04. The van der Waals surface area contributed by atoms with Gasteiger partial charge >= 0.3 is 5.97 Å². The highest BCUT2D eigenvalue weighted by atomic mass is 16.4. The van der Waals surface area contributed by atoms with E-state index >= 15 is 0 Å². The highest BCUT2D eigenvalue weighted by molar-refractivity contribution is 5.69. The molecular weight excluding hydrogens is 204 g/mol. The van der Waals surface area contributed by atoms with E-state index in [4.69, 9.17) is 5.11 Å². The smallest absolute Gasteiger partial charge is 0.306 e. The van der Waals surface area contributed by atoms with Crippen LogP contribution in [0.1, 0.15) is 19.0 Å². The minimum atomic E-state index is -0.710. The number of aliphatic carboxylic acids is 1. The summed E-state index contributed by atoms with van der Waals surface area (Å²) >= 11 is 0. The van der Waals surface area contributed by atoms with E-state index in [2.05, 4.69) is 16.0 Å². The summed E-state index contributed by atoms with van der Waals surface area (Å²) < 4.78 is 0. The molecule has 0 fully saturated rings. The molecule has 0 saturated heterocycles. The van der Waals surface area contributed by atoms with Gasteiger partial charge in [0, 0.05) is 24.9 Å². The number of nitrogens with zero attached hydrogens (tertiary/aromatic N) is 1. The lowest BCUT2D eigenvalue weighted by Gasteiger charge is -2.17. The van der Waals surface area contributed by atoms with Crippen molar-refractivity contribution >= 4 is 5.97 Å². The maximum atomic E-state index is 10.6. The molecule has 90 valence electrons. The number of carboxylic acid groups (broad SMARTS) is 1. The Labute approximate surface area is 96.3 Å². The number of carboxylic acids is 1. The fourth-order valence-corrected chi connectivity index (χ4v) is 1.48. The predicted octanol–water partition coefficient (Wildman–Crippen LogP) is 1.60. The monoisotopic (exact) mass is 224 g/mol. The first-order valence-corrected chi connectivity index (χ1v) is 5.63. The SMILES string of the molecule is CC(CCN(C)CCc1ccc[nH]1)C(=O)O. The van der Waals surface area contributed by atoms with Crippen LogP contribution >= 0.6 is 0 Å². The van der Waals surface area contributed by atoms with Gasteiger partial charge in [0.2, 0.25) is 0 Å². The minimum Gasteiger partial charge on any atom is -0.481 e. The zero-order valence-corrected chi connectivity index (χ0v) is 9.94. The molecule has 1 unspecified atom stereocenters. The summed E-state index contributed by atoms with van der Waals surface area (Å²) in [7, 11) is 2.03. The fraction of sp³-hybridized carbons (Fsp3) is 0.583. The Morgan fingerprint density at radius 3 is 2.88 bits per heavy atom. The van der Waals surface area contributed by atoms with E-state index < -0.39 is 5.97 Å². The lowest BCUT2D eigenvalue weighted by atomic mass is 10.1. The van der Waals surface area contributed by atoms with Gasteiger partial charge in [-0.15, -0.1) is 0 Å². The first-order chi connectivity index (χ1) is 7.59. The van der Waals surface area contributed by atoms with E-state index in [0.29, 0.717) is 6.42 Å². The van der Waals surface area contributed by atoms with Crippen LogP contribution in [0.5, 0.6) is 0 Å². The lowest BCUT2D eigenvalue weighted by Crippen LogP contribution is -2.25. The number of aromatic amines is 1. The molecule has 0 aromatic carbocycles. The number of nitrogens with one attached hydrogen (secondary N) is 1. The average molecular weight is 224 g/mol. The van der Waals surface area contributed by atoms with Gasteiger partial charge in [-0.2, -0.15) is 0 Å². The number of carbonyl (C=O) groups is 1. The van der Waals surface area contributed by atoms with E-state index in [1.54, 1.807) is 6.92 Å². The van der Waals surface area contributed by atoms with Crippen LogP contribution in [0.4, 0.5) is 0 Å². The van der Waals surface area contributed by atoms with Crippen molar-refractivity contribution in [2.75, 3.05) is 20.1 Å². The van der Waals surface area contributed by atoms with E-state index in [1.165, 1.54) is 5.69 Å². The van der Waals surface area contributed by atoms with Crippen molar-refractivity contribution in [2.24, 2.45) is 5.92 Å². The summed E-state index contributed by atoms with van der Waals surface area (Å²) in [5.41, 5.74) is 1.22. The number of likely N-dealkylation sites (N-methyl/N-ethyl adjacent to an activating group) is 1. The summed E-state index contributed by atoms with van der Waals surface area (Å²) in [6.07, 6.45) is 3.60. The summed E-state index contributed by atoms with van der Waals surface area (Å²) in [5.74, 6) is -0.967. The number of aromatic nitrogens is 1. The molecule has 0 amide bonds. The fourth-order valence-electron chi connectivity index (χ4n) is 1.48. The van der Waals surface area contributed by atoms with Gasteiger partial charge < -0.3 is 15.0 Å². The Morgan fingerprint density at radius 1 is 1.56 bits per heavy atom. The molecule has 0 aliphatic carbocycles. The molecule has 0 aliphatic rings. The predicted molar refractivity (Wildman–Crippen MR) is 63.4 cm³/mol. The molecule has 1 rings (SSSR count). The van der Waals surface area contributed by atoms with Crippen molar-refractivity contribution in [2.45, 2.75) is 19.8 Å². The molecule has 1 atom stereocenters. The van der Waals surface area contributed by atoms with Gasteiger partial charge in [0.25, 0.3) is 0 Å². The quantitative estimate of drug-likeness (QED) is 0.739. The van der Waals surface area contributed by atoms with Gasteiger partial charge in [0.05, 0.1) is 5.92 Å². The zero-order chi connectivity index (χ0) is 12.0. The van der Waals surface area contributed by atoms with Gasteiger partial charge in [-0.1, -0.05) is 6.92 Å². The Hall–Kier alpha value is -1.29. The number of hydrogen-bond acceptors (Lipinski definition) is 2. The topological polar surface area (TPSA) is 56.3 Å². The second kappa shape index (κ2) is 6.33. The van der Waals surface area contributed by atoms with Gasteiger partial charge in [-0.05, 0) is 32.1 Å². The summed E-state index contributed by atoms with van der Waals surface area (Å²) in [5, 5.41) is 8.75. The minimum absolute atomic E-state index is 0.257. The van der Waals surface area contributed by atoms with Gasteiger partial charge in [0.15, 0.2) is 0 Å². The van der Waals surface area contributed by atoms with Crippen LogP contribution in [0.25, 0.3) is 0 Å². The van der Waals surface area contributed by atoms with E-state index in [1.807, 2.05) is 19.3 Å². The molecule has 0 radical (unpaired) electrons. The van der Waals surface area contributed by atoms with Crippen LogP contribution < -0.4 is 0 Å². The second-order valence-electron chi connectivity index (χ2n) is 4.28. The molecular formula is C12H20N2O2. The van der Waals surface area contributed by atoms with Crippen molar-refractivity contribution < 1.29 is 9.90 Å². The van der Waals surface area contributed by atoms with Crippen LogP contribution in [0.3, 0.4) is 0 Å². The van der Waals surface area contributed by atoms with Gasteiger partial charge in [0.1, 0.15) is 0 Å². The number of rotatable bonds is 7. The Morgan fingerprint density at radius 2 is 2.31 bits per heavy atom. The molecule has 0 spiro atoms. The van der Waals surface area contributed by atoms with Crippen molar-refractivity contribution in [3.05, 3.63) is 24.0 Å². The van der Waals surface area contributed by atoms with Crippen LogP contribution in [0.2, 0.25) is 0 Å². The average Bonchev–Trinajstić information content (AvgIpc) is 2.75. The first kappa shape index (κ1) is 12.8. The molecule has 0 bridgehead atoms. The van der Waals surface area contributed by atoms with E-state index in [0.717, 1.165) is 19.5 Å². The van der Waals surface area contributed by atoms with Crippen molar-refractivity contribution in [1.82, 2.24) is 9.88 Å². The standard InChI is InChI=1S/C12H20N2O2/c1-10(12(15)16)5-8-14(2)9-6-11-4-3-7-13-11/h3-4,7,10,13H,5-6,8-9H2,1-2H3,(H,15,16). The molecule has 16 heavy (non-hydrogen) atoms. The molecule has 0 aliphatic heterocycles.